The predicted octanol–water partition coefficient (Wildman–Crippen LogP) is 2.38. The Hall–Kier alpha value is -1.78. The van der Waals surface area contributed by atoms with Crippen molar-refractivity contribution in [3.8, 4) is 0 Å². The van der Waals surface area contributed by atoms with Crippen molar-refractivity contribution in [3.05, 3.63) is 24.4 Å². The molecule has 3 N–H and O–H groups in total. The van der Waals surface area contributed by atoms with E-state index in [1.165, 1.54) is 25.7 Å². The fourth-order valence-corrected chi connectivity index (χ4v) is 2.60. The van der Waals surface area contributed by atoms with Gasteiger partial charge in [0.05, 0.1) is 0 Å². The molecule has 5 heteroatoms. The van der Waals surface area contributed by atoms with Crippen LogP contribution in [-0.4, -0.2) is 37.1 Å². The summed E-state index contributed by atoms with van der Waals surface area (Å²) in [4.78, 5) is 8.53. The number of rotatable bonds is 7. The van der Waals surface area contributed by atoms with Gasteiger partial charge < -0.3 is 16.0 Å². The van der Waals surface area contributed by atoms with Gasteiger partial charge in [-0.3, -0.25) is 4.99 Å². The van der Waals surface area contributed by atoms with Gasteiger partial charge in [0, 0.05) is 32.4 Å². The van der Waals surface area contributed by atoms with Crippen LogP contribution in [0.5, 0.6) is 0 Å². The van der Waals surface area contributed by atoms with Crippen LogP contribution in [0.1, 0.15) is 38.5 Å². The molecule has 0 spiro atoms. The third kappa shape index (κ3) is 6.02. The molecule has 1 aliphatic carbocycles. The molecule has 0 unspecified atom stereocenters. The molecule has 1 aliphatic rings. The van der Waals surface area contributed by atoms with Crippen LogP contribution in [0, 0.1) is 0 Å². The molecule has 21 heavy (non-hydrogen) atoms. The minimum Gasteiger partial charge on any atom is -0.370 e. The average Bonchev–Trinajstić information content (AvgIpc) is 3.03. The van der Waals surface area contributed by atoms with E-state index >= 15 is 0 Å². The van der Waals surface area contributed by atoms with E-state index in [1.807, 2.05) is 31.4 Å². The van der Waals surface area contributed by atoms with E-state index in [0.29, 0.717) is 6.04 Å². The number of guanidine groups is 1. The zero-order valence-electron chi connectivity index (χ0n) is 12.9. The number of anilines is 1. The Morgan fingerprint density at radius 3 is 2.76 bits per heavy atom. The van der Waals surface area contributed by atoms with Crippen molar-refractivity contribution in [2.24, 2.45) is 4.99 Å². The highest BCUT2D eigenvalue weighted by Gasteiger charge is 2.15. The van der Waals surface area contributed by atoms with Gasteiger partial charge in [-0.25, -0.2) is 4.98 Å². The number of hydrogen-bond donors (Lipinski definition) is 3. The van der Waals surface area contributed by atoms with Crippen LogP contribution in [0.15, 0.2) is 29.4 Å². The summed E-state index contributed by atoms with van der Waals surface area (Å²) < 4.78 is 0. The first-order valence-corrected chi connectivity index (χ1v) is 8.00. The molecule has 5 nitrogen and oxygen atoms in total. The smallest absolute Gasteiger partial charge is 0.191 e. The van der Waals surface area contributed by atoms with Crippen molar-refractivity contribution < 1.29 is 0 Å². The van der Waals surface area contributed by atoms with E-state index in [2.05, 4.69) is 25.9 Å². The van der Waals surface area contributed by atoms with Gasteiger partial charge in [0.2, 0.25) is 0 Å². The summed E-state index contributed by atoms with van der Waals surface area (Å²) in [5, 5.41) is 10.2. The largest absolute Gasteiger partial charge is 0.370 e. The maximum absolute atomic E-state index is 4.29. The predicted molar refractivity (Wildman–Crippen MR) is 88.7 cm³/mol. The topological polar surface area (TPSA) is 61.3 Å². The fraction of sp³-hybridized carbons (Fsp3) is 0.625. The zero-order valence-corrected chi connectivity index (χ0v) is 12.9. The molecule has 0 amide bonds. The van der Waals surface area contributed by atoms with Crippen LogP contribution in [-0.2, 0) is 0 Å². The van der Waals surface area contributed by atoms with E-state index in [9.17, 15) is 0 Å². The van der Waals surface area contributed by atoms with Gasteiger partial charge in [0.25, 0.3) is 0 Å². The molecule has 0 atom stereocenters. The first-order chi connectivity index (χ1) is 10.4. The van der Waals surface area contributed by atoms with Gasteiger partial charge in [-0.05, 0) is 37.8 Å². The quantitative estimate of drug-likeness (QED) is 0.410. The van der Waals surface area contributed by atoms with E-state index < -0.39 is 0 Å². The van der Waals surface area contributed by atoms with Crippen molar-refractivity contribution in [2.45, 2.75) is 44.6 Å². The Morgan fingerprint density at radius 2 is 2.05 bits per heavy atom. The van der Waals surface area contributed by atoms with Crippen molar-refractivity contribution in [3.63, 3.8) is 0 Å². The van der Waals surface area contributed by atoms with E-state index in [1.54, 1.807) is 0 Å². The molecule has 116 valence electrons. The SMILES string of the molecule is CN=C(NCCCCNc1ccccn1)NC1CCCC1. The van der Waals surface area contributed by atoms with Gasteiger partial charge >= 0.3 is 0 Å². The van der Waals surface area contributed by atoms with Crippen LogP contribution in [0.25, 0.3) is 0 Å². The Morgan fingerprint density at radius 1 is 1.24 bits per heavy atom. The fourth-order valence-electron chi connectivity index (χ4n) is 2.60. The Bertz CT molecular complexity index is 412. The van der Waals surface area contributed by atoms with E-state index in [-0.39, 0.29) is 0 Å². The average molecular weight is 289 g/mol. The second kappa shape index (κ2) is 9.21. The number of nitrogens with one attached hydrogen (secondary N) is 3. The normalized spacial score (nSPS) is 16.0. The molecule has 0 aliphatic heterocycles. The minimum absolute atomic E-state index is 0.613. The van der Waals surface area contributed by atoms with E-state index in [4.69, 9.17) is 0 Å². The number of pyridine rings is 1. The lowest BCUT2D eigenvalue weighted by Crippen LogP contribution is -2.42. The second-order valence-corrected chi connectivity index (χ2v) is 5.47. The number of aromatic nitrogens is 1. The van der Waals surface area contributed by atoms with Crippen LogP contribution in [0.3, 0.4) is 0 Å². The van der Waals surface area contributed by atoms with Gasteiger partial charge in [-0.2, -0.15) is 0 Å². The standard InChI is InChI=1S/C16H27N5/c1-17-16(21-14-8-2-3-9-14)20-13-7-6-12-19-15-10-4-5-11-18-15/h4-5,10-11,14H,2-3,6-9,12-13H2,1H3,(H,18,19)(H2,17,20,21). The van der Waals surface area contributed by atoms with Crippen molar-refractivity contribution >= 4 is 11.8 Å². The summed E-state index contributed by atoms with van der Waals surface area (Å²) >= 11 is 0. The van der Waals surface area contributed by atoms with Gasteiger partial charge in [0.1, 0.15) is 5.82 Å². The van der Waals surface area contributed by atoms with Crippen molar-refractivity contribution in [1.29, 1.82) is 0 Å². The van der Waals surface area contributed by atoms with Crippen LogP contribution < -0.4 is 16.0 Å². The molecule has 1 aromatic rings. The minimum atomic E-state index is 0.613. The third-order valence-electron chi connectivity index (χ3n) is 3.79. The molecular formula is C16H27N5. The summed E-state index contributed by atoms with van der Waals surface area (Å²) in [7, 11) is 1.84. The van der Waals surface area contributed by atoms with Crippen LogP contribution in [0.2, 0.25) is 0 Å². The molecule has 0 saturated heterocycles. The summed E-state index contributed by atoms with van der Waals surface area (Å²) in [6.45, 7) is 1.91. The lowest BCUT2D eigenvalue weighted by molar-refractivity contribution is 0.608. The third-order valence-corrected chi connectivity index (χ3v) is 3.79. The first-order valence-electron chi connectivity index (χ1n) is 8.00. The summed E-state index contributed by atoms with van der Waals surface area (Å²) in [5.74, 6) is 1.89. The number of unbranched alkanes of at least 4 members (excludes halogenated alkanes) is 1. The Balaban J connectivity index is 1.52. The summed E-state index contributed by atoms with van der Waals surface area (Å²) in [6, 6.07) is 6.53. The molecule has 1 heterocycles. The van der Waals surface area contributed by atoms with Crippen molar-refractivity contribution in [2.75, 3.05) is 25.5 Å². The van der Waals surface area contributed by atoms with E-state index in [0.717, 1.165) is 37.7 Å². The number of hydrogen-bond acceptors (Lipinski definition) is 3. The second-order valence-electron chi connectivity index (χ2n) is 5.47. The molecule has 0 bridgehead atoms. The zero-order chi connectivity index (χ0) is 14.8. The number of aliphatic imine (C=N–C) groups is 1. The van der Waals surface area contributed by atoms with Gasteiger partial charge in [-0.15, -0.1) is 0 Å². The first kappa shape index (κ1) is 15.6. The molecule has 0 radical (unpaired) electrons. The lowest BCUT2D eigenvalue weighted by Gasteiger charge is -2.16. The maximum Gasteiger partial charge on any atom is 0.191 e. The highest BCUT2D eigenvalue weighted by atomic mass is 15.2. The Labute approximate surface area is 127 Å². The number of nitrogens with zero attached hydrogens (tertiary/aromatic N) is 2. The van der Waals surface area contributed by atoms with Crippen LogP contribution >= 0.6 is 0 Å². The molecule has 0 aromatic carbocycles. The van der Waals surface area contributed by atoms with Crippen molar-refractivity contribution in [1.82, 2.24) is 15.6 Å². The molecule has 1 fully saturated rings. The molecule has 1 saturated carbocycles. The Kier molecular flexibility index (Phi) is 6.84. The molecule has 2 rings (SSSR count). The summed E-state index contributed by atoms with van der Waals surface area (Å²) in [6.07, 6.45) is 9.27. The highest BCUT2D eigenvalue weighted by Crippen LogP contribution is 2.17. The monoisotopic (exact) mass is 289 g/mol. The van der Waals surface area contributed by atoms with Gasteiger partial charge in [0.15, 0.2) is 5.96 Å². The maximum atomic E-state index is 4.29. The van der Waals surface area contributed by atoms with Gasteiger partial charge in [-0.1, -0.05) is 18.9 Å². The highest BCUT2D eigenvalue weighted by molar-refractivity contribution is 5.79. The molecule has 1 aromatic heterocycles. The lowest BCUT2D eigenvalue weighted by atomic mass is 10.2. The summed E-state index contributed by atoms with van der Waals surface area (Å²) in [5.41, 5.74) is 0. The molecular weight excluding hydrogens is 262 g/mol. The van der Waals surface area contributed by atoms with Crippen LogP contribution in [0.4, 0.5) is 5.82 Å².